The molecule has 1 fully saturated rings. The van der Waals surface area contributed by atoms with Crippen molar-refractivity contribution in [1.29, 1.82) is 0 Å². The molecular weight excluding hydrogens is 166 g/mol. The van der Waals surface area contributed by atoms with Crippen molar-refractivity contribution in [1.82, 2.24) is 5.32 Å². The lowest BCUT2D eigenvalue weighted by atomic mass is 9.81. The summed E-state index contributed by atoms with van der Waals surface area (Å²) in [6, 6.07) is 0.363. The number of methoxy groups -OCH3 is 1. The molecule has 3 nitrogen and oxygen atoms in total. The highest BCUT2D eigenvalue weighted by Gasteiger charge is 2.33. The highest BCUT2D eigenvalue weighted by Crippen LogP contribution is 2.27. The van der Waals surface area contributed by atoms with E-state index in [1.807, 2.05) is 0 Å². The van der Waals surface area contributed by atoms with E-state index in [4.69, 9.17) is 4.74 Å². The molecule has 1 aliphatic carbocycles. The van der Waals surface area contributed by atoms with E-state index < -0.39 is 5.60 Å². The van der Waals surface area contributed by atoms with Crippen molar-refractivity contribution in [3.05, 3.63) is 0 Å². The average Bonchev–Trinajstić information content (AvgIpc) is 2.11. The van der Waals surface area contributed by atoms with Crippen LogP contribution >= 0.6 is 0 Å². The molecular formula is C10H19NO2. The lowest BCUT2D eigenvalue weighted by Gasteiger charge is -2.36. The van der Waals surface area contributed by atoms with Crippen molar-refractivity contribution in [2.75, 3.05) is 7.11 Å². The van der Waals surface area contributed by atoms with Crippen LogP contribution in [0, 0.1) is 5.92 Å². The summed E-state index contributed by atoms with van der Waals surface area (Å²) < 4.78 is 5.09. The van der Waals surface area contributed by atoms with Gasteiger partial charge in [0.05, 0.1) is 0 Å². The first kappa shape index (κ1) is 10.5. The molecule has 0 spiro atoms. The summed E-state index contributed by atoms with van der Waals surface area (Å²) in [5.74, 6) is 0.614. The molecule has 2 atom stereocenters. The van der Waals surface area contributed by atoms with Gasteiger partial charge in [-0.2, -0.15) is 0 Å². The van der Waals surface area contributed by atoms with Crippen LogP contribution in [0.4, 0.5) is 0 Å². The Morgan fingerprint density at radius 1 is 1.46 bits per heavy atom. The number of carbonyl (C=O) groups excluding carboxylic acids is 1. The van der Waals surface area contributed by atoms with Gasteiger partial charge in [-0.1, -0.05) is 6.92 Å². The lowest BCUT2D eigenvalue weighted by molar-refractivity contribution is -0.141. The second kappa shape index (κ2) is 3.66. The van der Waals surface area contributed by atoms with Gasteiger partial charge in [-0.05, 0) is 32.6 Å². The van der Waals surface area contributed by atoms with Gasteiger partial charge in [0.1, 0.15) is 5.60 Å². The van der Waals surface area contributed by atoms with Gasteiger partial charge in [-0.3, -0.25) is 4.79 Å². The van der Waals surface area contributed by atoms with Crippen LogP contribution in [-0.4, -0.2) is 24.7 Å². The summed E-state index contributed by atoms with van der Waals surface area (Å²) in [4.78, 5) is 11.6. The highest BCUT2D eigenvalue weighted by atomic mass is 16.5. The summed E-state index contributed by atoms with van der Waals surface area (Å²) in [5, 5.41) is 2.99. The zero-order valence-corrected chi connectivity index (χ0v) is 8.89. The molecule has 0 aromatic rings. The van der Waals surface area contributed by atoms with E-state index >= 15 is 0 Å². The molecule has 0 aromatic heterocycles. The smallest absolute Gasteiger partial charge is 0.251 e. The van der Waals surface area contributed by atoms with Crippen LogP contribution in [-0.2, 0) is 9.53 Å². The van der Waals surface area contributed by atoms with E-state index in [0.29, 0.717) is 12.0 Å². The molecule has 13 heavy (non-hydrogen) atoms. The maximum atomic E-state index is 11.6. The van der Waals surface area contributed by atoms with Crippen LogP contribution < -0.4 is 5.32 Å². The van der Waals surface area contributed by atoms with Gasteiger partial charge < -0.3 is 10.1 Å². The number of nitrogens with one attached hydrogen (secondary N) is 1. The molecule has 1 saturated carbocycles. The molecule has 0 aliphatic heterocycles. The molecule has 3 heteroatoms. The molecule has 0 aromatic carbocycles. The van der Waals surface area contributed by atoms with Crippen LogP contribution in [0.25, 0.3) is 0 Å². The molecule has 1 N–H and O–H groups in total. The van der Waals surface area contributed by atoms with Crippen molar-refractivity contribution >= 4 is 5.91 Å². The molecule has 1 aliphatic rings. The molecule has 0 radical (unpaired) electrons. The maximum Gasteiger partial charge on any atom is 0.251 e. The van der Waals surface area contributed by atoms with Crippen LogP contribution in [0.3, 0.4) is 0 Å². The fourth-order valence-corrected chi connectivity index (χ4v) is 1.32. The van der Waals surface area contributed by atoms with Crippen LogP contribution in [0.5, 0.6) is 0 Å². The minimum Gasteiger partial charge on any atom is -0.369 e. The first-order valence-electron chi connectivity index (χ1n) is 4.83. The highest BCUT2D eigenvalue weighted by molar-refractivity contribution is 5.84. The molecule has 0 bridgehead atoms. The number of ether oxygens (including phenoxy) is 1. The summed E-state index contributed by atoms with van der Waals surface area (Å²) >= 11 is 0. The largest absolute Gasteiger partial charge is 0.369 e. The Morgan fingerprint density at radius 3 is 2.38 bits per heavy atom. The third-order valence-corrected chi connectivity index (χ3v) is 2.99. The predicted octanol–water partition coefficient (Wildman–Crippen LogP) is 1.33. The monoisotopic (exact) mass is 185 g/mol. The normalized spacial score (nSPS) is 28.0. The van der Waals surface area contributed by atoms with E-state index in [1.165, 1.54) is 6.42 Å². The van der Waals surface area contributed by atoms with Crippen LogP contribution in [0.2, 0.25) is 0 Å². The van der Waals surface area contributed by atoms with Gasteiger partial charge in [-0.15, -0.1) is 0 Å². The van der Waals surface area contributed by atoms with Gasteiger partial charge in [-0.25, -0.2) is 0 Å². The van der Waals surface area contributed by atoms with E-state index in [1.54, 1.807) is 21.0 Å². The first-order chi connectivity index (χ1) is 5.97. The zero-order valence-electron chi connectivity index (χ0n) is 8.89. The maximum absolute atomic E-state index is 11.6. The number of amides is 1. The summed E-state index contributed by atoms with van der Waals surface area (Å²) in [6.45, 7) is 5.73. The lowest BCUT2D eigenvalue weighted by Crippen LogP contribution is -2.52. The van der Waals surface area contributed by atoms with Gasteiger partial charge >= 0.3 is 0 Å². The Bertz CT molecular complexity index is 201. The van der Waals surface area contributed by atoms with Crippen molar-refractivity contribution in [3.8, 4) is 0 Å². The first-order valence-corrected chi connectivity index (χ1v) is 4.83. The second-order valence-electron chi connectivity index (χ2n) is 4.35. The molecule has 2 unspecified atom stereocenters. The van der Waals surface area contributed by atoms with Crippen molar-refractivity contribution in [3.63, 3.8) is 0 Å². The SMILES string of the molecule is COC(C)(C)C(=O)NC1CCC1C. The Labute approximate surface area is 79.8 Å². The zero-order chi connectivity index (χ0) is 10.1. The van der Waals surface area contributed by atoms with Gasteiger partial charge in [0.2, 0.25) is 0 Å². The number of carbonyl (C=O) groups is 1. The molecule has 1 amide bonds. The fourth-order valence-electron chi connectivity index (χ4n) is 1.32. The van der Waals surface area contributed by atoms with Crippen molar-refractivity contribution < 1.29 is 9.53 Å². The van der Waals surface area contributed by atoms with Gasteiger partial charge in [0, 0.05) is 13.2 Å². The average molecular weight is 185 g/mol. The Kier molecular flexibility index (Phi) is 2.96. The summed E-state index contributed by atoms with van der Waals surface area (Å²) in [7, 11) is 1.56. The second-order valence-corrected chi connectivity index (χ2v) is 4.35. The minimum atomic E-state index is -0.699. The standard InChI is InChI=1S/C10H19NO2/c1-7-5-6-8(7)11-9(12)10(2,3)13-4/h7-8H,5-6H2,1-4H3,(H,11,12). The predicted molar refractivity (Wildman–Crippen MR) is 51.4 cm³/mol. The number of hydrogen-bond donors (Lipinski definition) is 1. The Balaban J connectivity index is 2.41. The molecule has 76 valence electrons. The van der Waals surface area contributed by atoms with E-state index in [2.05, 4.69) is 12.2 Å². The quantitative estimate of drug-likeness (QED) is 0.720. The van der Waals surface area contributed by atoms with Crippen molar-refractivity contribution in [2.45, 2.75) is 45.3 Å². The van der Waals surface area contributed by atoms with Gasteiger partial charge in [0.15, 0.2) is 0 Å². The number of hydrogen-bond acceptors (Lipinski definition) is 2. The molecule has 0 saturated heterocycles. The van der Waals surface area contributed by atoms with Crippen LogP contribution in [0.1, 0.15) is 33.6 Å². The third-order valence-electron chi connectivity index (χ3n) is 2.99. The number of rotatable bonds is 3. The molecule has 0 heterocycles. The minimum absolute atomic E-state index is 0.00782. The van der Waals surface area contributed by atoms with E-state index in [9.17, 15) is 4.79 Å². The fraction of sp³-hybridized carbons (Fsp3) is 0.900. The van der Waals surface area contributed by atoms with E-state index in [-0.39, 0.29) is 5.91 Å². The van der Waals surface area contributed by atoms with Crippen LogP contribution in [0.15, 0.2) is 0 Å². The Morgan fingerprint density at radius 2 is 2.08 bits per heavy atom. The van der Waals surface area contributed by atoms with Crippen molar-refractivity contribution in [2.24, 2.45) is 5.92 Å². The topological polar surface area (TPSA) is 38.3 Å². The van der Waals surface area contributed by atoms with Gasteiger partial charge in [0.25, 0.3) is 5.91 Å². The third kappa shape index (κ3) is 2.21. The molecule has 1 rings (SSSR count). The Hall–Kier alpha value is -0.570. The summed E-state index contributed by atoms with van der Waals surface area (Å²) in [5.41, 5.74) is -0.699. The van der Waals surface area contributed by atoms with E-state index in [0.717, 1.165) is 6.42 Å². The summed E-state index contributed by atoms with van der Waals surface area (Å²) in [6.07, 6.45) is 2.32.